The summed E-state index contributed by atoms with van der Waals surface area (Å²) in [6, 6.07) is -0.0692. The maximum absolute atomic E-state index is 9.30. The predicted molar refractivity (Wildman–Crippen MR) is 95.8 cm³/mol. The van der Waals surface area contributed by atoms with Gasteiger partial charge in [0.2, 0.25) is 0 Å². The summed E-state index contributed by atoms with van der Waals surface area (Å²) in [7, 11) is 1.82. The minimum absolute atomic E-state index is 0.0414. The molecule has 25 heavy (non-hydrogen) atoms. The van der Waals surface area contributed by atoms with E-state index in [0.29, 0.717) is 41.8 Å². The van der Waals surface area contributed by atoms with Gasteiger partial charge in [-0.3, -0.25) is 0 Å². The van der Waals surface area contributed by atoms with E-state index in [-0.39, 0.29) is 24.6 Å². The molecule has 1 aliphatic heterocycles. The van der Waals surface area contributed by atoms with Crippen LogP contribution < -0.4 is 16.8 Å². The highest BCUT2D eigenvalue weighted by Crippen LogP contribution is 2.28. The van der Waals surface area contributed by atoms with Crippen molar-refractivity contribution in [2.75, 3.05) is 26.1 Å². The minimum atomic E-state index is -0.214. The lowest BCUT2D eigenvalue weighted by Gasteiger charge is -2.30. The van der Waals surface area contributed by atoms with Crippen LogP contribution in [0.25, 0.3) is 6.08 Å². The number of fused-ring (bicyclic) bond motifs is 1. The largest absolute Gasteiger partial charge is 0.424 e. The normalized spacial score (nSPS) is 21.0. The number of amidine groups is 1. The van der Waals surface area contributed by atoms with Crippen LogP contribution in [0.2, 0.25) is 0 Å². The van der Waals surface area contributed by atoms with Crippen LogP contribution in [0.1, 0.15) is 18.4 Å². The molecule has 3 rings (SSSR count). The first-order chi connectivity index (χ1) is 11.9. The number of oxazole rings is 1. The summed E-state index contributed by atoms with van der Waals surface area (Å²) in [5, 5.41) is 21.1. The molecular formula is C16H23N7O2. The Balaban J connectivity index is 1.88. The maximum atomic E-state index is 9.30. The van der Waals surface area contributed by atoms with Crippen molar-refractivity contribution in [1.29, 1.82) is 5.41 Å². The third kappa shape index (κ3) is 3.22. The molecule has 0 amide bonds. The summed E-state index contributed by atoms with van der Waals surface area (Å²) in [4.78, 5) is 10.4. The number of aromatic nitrogens is 1. The predicted octanol–water partition coefficient (Wildman–Crippen LogP) is -0.0958. The summed E-state index contributed by atoms with van der Waals surface area (Å²) in [5.74, 6) is 1.42. The number of rotatable bonds is 4. The van der Waals surface area contributed by atoms with Crippen molar-refractivity contribution >= 4 is 23.6 Å². The number of hydrogen-bond acceptors (Lipinski definition) is 9. The highest BCUT2D eigenvalue weighted by atomic mass is 16.4. The van der Waals surface area contributed by atoms with Crippen molar-refractivity contribution in [2.45, 2.75) is 19.4 Å². The van der Waals surface area contributed by atoms with Crippen LogP contribution in [-0.4, -0.2) is 52.9 Å². The molecule has 7 N–H and O–H groups in total. The van der Waals surface area contributed by atoms with Crippen LogP contribution in [0.3, 0.4) is 0 Å². The molecule has 134 valence electrons. The fourth-order valence-corrected chi connectivity index (χ4v) is 2.83. The van der Waals surface area contributed by atoms with E-state index in [4.69, 9.17) is 21.3 Å². The van der Waals surface area contributed by atoms with Crippen LogP contribution in [0.15, 0.2) is 26.9 Å². The number of hydrogen-bond donors (Lipinski definition) is 5. The van der Waals surface area contributed by atoms with Crippen LogP contribution in [0, 0.1) is 11.3 Å². The third-order valence-corrected chi connectivity index (χ3v) is 4.28. The van der Waals surface area contributed by atoms with Crippen molar-refractivity contribution in [1.82, 2.24) is 15.2 Å². The van der Waals surface area contributed by atoms with Gasteiger partial charge < -0.3 is 36.6 Å². The average molecular weight is 345 g/mol. The number of nitrogens with one attached hydrogen (secondary N) is 2. The van der Waals surface area contributed by atoms with E-state index in [1.165, 1.54) is 0 Å². The number of aliphatic hydroxyl groups is 1. The van der Waals surface area contributed by atoms with Gasteiger partial charge in [0.25, 0.3) is 6.01 Å². The number of nitrogens with two attached hydrogens (primary N) is 2. The number of allylic oxidation sites excluding steroid dienone is 1. The van der Waals surface area contributed by atoms with Gasteiger partial charge in [-0.2, -0.15) is 4.98 Å². The Morgan fingerprint density at radius 2 is 2.32 bits per heavy atom. The smallest absolute Gasteiger partial charge is 0.292 e. The Morgan fingerprint density at radius 1 is 1.56 bits per heavy atom. The lowest BCUT2D eigenvalue weighted by molar-refractivity contribution is 0.264. The van der Waals surface area contributed by atoms with E-state index in [1.807, 2.05) is 20.0 Å². The first-order valence-corrected chi connectivity index (χ1v) is 8.06. The summed E-state index contributed by atoms with van der Waals surface area (Å²) in [6.45, 7) is 2.19. The highest BCUT2D eigenvalue weighted by Gasteiger charge is 2.30. The molecule has 2 aliphatic rings. The van der Waals surface area contributed by atoms with Gasteiger partial charge in [-0.1, -0.05) is 6.08 Å². The summed E-state index contributed by atoms with van der Waals surface area (Å²) in [6.07, 6.45) is 4.18. The first kappa shape index (κ1) is 17.0. The van der Waals surface area contributed by atoms with Gasteiger partial charge in [0.1, 0.15) is 18.3 Å². The zero-order valence-corrected chi connectivity index (χ0v) is 14.3. The topological polar surface area (TPSA) is 150 Å². The van der Waals surface area contributed by atoms with Crippen LogP contribution >= 0.6 is 0 Å². The number of nitrogens with zero attached hydrogens (tertiary/aromatic N) is 3. The first-order valence-electron chi connectivity index (χ1n) is 8.06. The van der Waals surface area contributed by atoms with Gasteiger partial charge in [0.15, 0.2) is 5.76 Å². The highest BCUT2D eigenvalue weighted by molar-refractivity contribution is 6.24. The summed E-state index contributed by atoms with van der Waals surface area (Å²) in [5.41, 5.74) is 13.5. The standard InChI is InChI=1S/C16H23N7O2/c1-8(6-24)21-15-12(14(18)23(2)7-20-15)13(17)9-3-4-11-10(5-9)22-16(19)25-11/h3-4,8-9,17,24H,5-7,18H2,1-2H3,(H2,19,22)(H,20,21). The lowest BCUT2D eigenvalue weighted by Crippen LogP contribution is -2.45. The Labute approximate surface area is 145 Å². The molecular weight excluding hydrogens is 322 g/mol. The second kappa shape index (κ2) is 6.60. The van der Waals surface area contributed by atoms with E-state index in [9.17, 15) is 5.11 Å². The molecule has 0 radical (unpaired) electrons. The molecule has 0 aromatic carbocycles. The van der Waals surface area contributed by atoms with E-state index >= 15 is 0 Å². The van der Waals surface area contributed by atoms with Crippen LogP contribution in [0.5, 0.6) is 0 Å². The van der Waals surface area contributed by atoms with Crippen molar-refractivity contribution < 1.29 is 9.52 Å². The van der Waals surface area contributed by atoms with Crippen molar-refractivity contribution in [2.24, 2.45) is 16.6 Å². The molecule has 9 nitrogen and oxygen atoms in total. The quantitative estimate of drug-likeness (QED) is 0.478. The van der Waals surface area contributed by atoms with Gasteiger partial charge in [-0.25, -0.2) is 4.99 Å². The van der Waals surface area contributed by atoms with Gasteiger partial charge >= 0.3 is 0 Å². The molecule has 0 spiro atoms. The van der Waals surface area contributed by atoms with Gasteiger partial charge in [0.05, 0.1) is 23.6 Å². The monoisotopic (exact) mass is 345 g/mol. The van der Waals surface area contributed by atoms with Crippen molar-refractivity contribution in [3.8, 4) is 0 Å². The maximum Gasteiger partial charge on any atom is 0.292 e. The SMILES string of the molecule is CC(CO)NC1=NCN(C)C(N)=C1C(=N)C1C=Cc2oc(N)nc2C1. The molecule has 2 atom stereocenters. The molecule has 0 fully saturated rings. The van der Waals surface area contributed by atoms with Crippen molar-refractivity contribution in [3.63, 3.8) is 0 Å². The Kier molecular flexibility index (Phi) is 4.49. The number of anilines is 1. The summed E-state index contributed by atoms with van der Waals surface area (Å²) < 4.78 is 5.31. The molecule has 2 heterocycles. The van der Waals surface area contributed by atoms with Crippen LogP contribution in [0.4, 0.5) is 6.01 Å². The van der Waals surface area contributed by atoms with E-state index < -0.39 is 0 Å². The fraction of sp³-hybridized carbons (Fsp3) is 0.438. The molecule has 1 aromatic rings. The fourth-order valence-electron chi connectivity index (χ4n) is 2.83. The van der Waals surface area contributed by atoms with E-state index in [0.717, 1.165) is 5.69 Å². The minimum Gasteiger partial charge on any atom is -0.424 e. The second-order valence-electron chi connectivity index (χ2n) is 6.28. The average Bonchev–Trinajstić information content (AvgIpc) is 2.96. The molecule has 0 bridgehead atoms. The van der Waals surface area contributed by atoms with Gasteiger partial charge in [-0.15, -0.1) is 0 Å². The Bertz CT molecular complexity index is 777. The second-order valence-corrected chi connectivity index (χ2v) is 6.28. The Morgan fingerprint density at radius 3 is 3.04 bits per heavy atom. The van der Waals surface area contributed by atoms with E-state index in [2.05, 4.69) is 15.3 Å². The van der Waals surface area contributed by atoms with Gasteiger partial charge in [0, 0.05) is 25.4 Å². The molecule has 2 unspecified atom stereocenters. The molecule has 0 saturated carbocycles. The number of aliphatic hydroxyl groups excluding tert-OH is 1. The van der Waals surface area contributed by atoms with Crippen LogP contribution in [-0.2, 0) is 6.42 Å². The molecule has 0 saturated heterocycles. The number of aliphatic imine (C=N–C) groups is 1. The lowest BCUT2D eigenvalue weighted by atomic mass is 9.87. The third-order valence-electron chi connectivity index (χ3n) is 4.28. The van der Waals surface area contributed by atoms with Gasteiger partial charge in [-0.05, 0) is 13.0 Å². The number of nitrogen functional groups attached to an aromatic ring is 1. The molecule has 9 heteroatoms. The Hall–Kier alpha value is -2.81. The zero-order chi connectivity index (χ0) is 18.1. The molecule has 1 aromatic heterocycles. The zero-order valence-electron chi connectivity index (χ0n) is 14.3. The van der Waals surface area contributed by atoms with E-state index in [1.54, 1.807) is 11.0 Å². The summed E-state index contributed by atoms with van der Waals surface area (Å²) >= 11 is 0. The molecule has 1 aliphatic carbocycles. The van der Waals surface area contributed by atoms with Crippen molar-refractivity contribution in [3.05, 3.63) is 28.9 Å².